The van der Waals surface area contributed by atoms with E-state index in [-0.39, 0.29) is 17.3 Å². The van der Waals surface area contributed by atoms with Crippen LogP contribution in [0.15, 0.2) is 70.2 Å². The number of hydrogen-bond donors (Lipinski definition) is 1. The molecule has 0 fully saturated rings. The van der Waals surface area contributed by atoms with Crippen molar-refractivity contribution in [2.24, 2.45) is 0 Å². The highest BCUT2D eigenvalue weighted by atomic mass is 32.2. The number of rotatable bonds is 6. The SMILES string of the molecule is CS(=O)(=O)c1ccc(COc2cccc(-c3ccoc3C(=O)O)c2)cc1. The van der Waals surface area contributed by atoms with E-state index in [1.54, 1.807) is 42.5 Å². The molecule has 7 heteroatoms. The van der Waals surface area contributed by atoms with Crippen LogP contribution in [0.3, 0.4) is 0 Å². The molecule has 3 rings (SSSR count). The first-order chi connectivity index (χ1) is 12.3. The zero-order valence-corrected chi connectivity index (χ0v) is 14.7. The summed E-state index contributed by atoms with van der Waals surface area (Å²) in [7, 11) is -3.23. The lowest BCUT2D eigenvalue weighted by molar-refractivity contribution is 0.0663. The zero-order chi connectivity index (χ0) is 18.7. The van der Waals surface area contributed by atoms with Crippen LogP contribution in [0, 0.1) is 0 Å². The summed E-state index contributed by atoms with van der Waals surface area (Å²) in [5.74, 6) is -0.701. The third-order valence-electron chi connectivity index (χ3n) is 3.76. The molecule has 1 aromatic heterocycles. The average Bonchev–Trinajstić information content (AvgIpc) is 3.10. The van der Waals surface area contributed by atoms with Gasteiger partial charge in [-0.3, -0.25) is 0 Å². The highest BCUT2D eigenvalue weighted by Gasteiger charge is 2.15. The molecule has 0 aliphatic heterocycles. The first-order valence-electron chi connectivity index (χ1n) is 7.67. The molecule has 0 saturated carbocycles. The fourth-order valence-corrected chi connectivity index (χ4v) is 3.09. The molecule has 1 heterocycles. The third kappa shape index (κ3) is 3.94. The van der Waals surface area contributed by atoms with Crippen LogP contribution in [-0.4, -0.2) is 25.7 Å². The van der Waals surface area contributed by atoms with Gasteiger partial charge in [-0.1, -0.05) is 24.3 Å². The van der Waals surface area contributed by atoms with Crippen molar-refractivity contribution < 1.29 is 27.5 Å². The Hall–Kier alpha value is -3.06. The number of sulfone groups is 1. The molecule has 26 heavy (non-hydrogen) atoms. The normalized spacial score (nSPS) is 11.3. The molecule has 134 valence electrons. The van der Waals surface area contributed by atoms with Crippen LogP contribution < -0.4 is 4.74 Å². The summed E-state index contributed by atoms with van der Waals surface area (Å²) in [6.45, 7) is 0.255. The Morgan fingerprint density at radius 3 is 2.50 bits per heavy atom. The van der Waals surface area contributed by atoms with E-state index in [1.165, 1.54) is 18.4 Å². The number of carbonyl (C=O) groups is 1. The molecule has 2 aromatic carbocycles. The quantitative estimate of drug-likeness (QED) is 0.710. The van der Waals surface area contributed by atoms with E-state index in [0.717, 1.165) is 11.8 Å². The van der Waals surface area contributed by atoms with Gasteiger partial charge < -0.3 is 14.3 Å². The minimum Gasteiger partial charge on any atom is -0.489 e. The van der Waals surface area contributed by atoms with E-state index >= 15 is 0 Å². The van der Waals surface area contributed by atoms with Gasteiger partial charge in [0.05, 0.1) is 11.2 Å². The van der Waals surface area contributed by atoms with Crippen LogP contribution in [0.1, 0.15) is 16.1 Å². The Kier molecular flexibility index (Phi) is 4.81. The van der Waals surface area contributed by atoms with Crippen LogP contribution in [0.2, 0.25) is 0 Å². The maximum atomic E-state index is 11.5. The van der Waals surface area contributed by atoms with Crippen molar-refractivity contribution in [3.8, 4) is 16.9 Å². The Labute approximate surface area is 150 Å². The highest BCUT2D eigenvalue weighted by Crippen LogP contribution is 2.28. The Morgan fingerprint density at radius 2 is 1.85 bits per heavy atom. The van der Waals surface area contributed by atoms with Gasteiger partial charge in [0.1, 0.15) is 12.4 Å². The maximum absolute atomic E-state index is 11.5. The number of hydrogen-bond acceptors (Lipinski definition) is 5. The lowest BCUT2D eigenvalue weighted by Gasteiger charge is -2.08. The lowest BCUT2D eigenvalue weighted by Crippen LogP contribution is -1.99. The van der Waals surface area contributed by atoms with Crippen molar-refractivity contribution in [2.45, 2.75) is 11.5 Å². The topological polar surface area (TPSA) is 93.8 Å². The van der Waals surface area contributed by atoms with E-state index in [2.05, 4.69) is 0 Å². The monoisotopic (exact) mass is 372 g/mol. The van der Waals surface area contributed by atoms with E-state index in [0.29, 0.717) is 16.9 Å². The largest absolute Gasteiger partial charge is 0.489 e. The molecule has 1 N–H and O–H groups in total. The lowest BCUT2D eigenvalue weighted by atomic mass is 10.1. The van der Waals surface area contributed by atoms with Crippen LogP contribution in [-0.2, 0) is 16.4 Å². The van der Waals surface area contributed by atoms with Crippen LogP contribution in [0.4, 0.5) is 0 Å². The second-order valence-corrected chi connectivity index (χ2v) is 7.72. The maximum Gasteiger partial charge on any atom is 0.372 e. The van der Waals surface area contributed by atoms with Crippen molar-refractivity contribution in [2.75, 3.05) is 6.26 Å². The second kappa shape index (κ2) is 7.05. The number of carboxylic acids is 1. The molecule has 0 aliphatic rings. The molecule has 0 aliphatic carbocycles. The van der Waals surface area contributed by atoms with Crippen molar-refractivity contribution in [3.05, 3.63) is 72.2 Å². The molecule has 0 radical (unpaired) electrons. The van der Waals surface area contributed by atoms with Gasteiger partial charge >= 0.3 is 5.97 Å². The predicted molar refractivity (Wildman–Crippen MR) is 95.0 cm³/mol. The number of carboxylic acid groups (broad SMARTS) is 1. The molecule has 0 saturated heterocycles. The first kappa shape index (κ1) is 17.8. The summed E-state index contributed by atoms with van der Waals surface area (Å²) in [6.07, 6.45) is 2.49. The minimum absolute atomic E-state index is 0.126. The summed E-state index contributed by atoms with van der Waals surface area (Å²) in [5, 5.41) is 9.15. The van der Waals surface area contributed by atoms with Crippen molar-refractivity contribution in [1.82, 2.24) is 0 Å². The van der Waals surface area contributed by atoms with Gasteiger partial charge in [-0.05, 0) is 41.5 Å². The van der Waals surface area contributed by atoms with Gasteiger partial charge in [0.25, 0.3) is 0 Å². The number of furan rings is 1. The van der Waals surface area contributed by atoms with Crippen molar-refractivity contribution in [3.63, 3.8) is 0 Å². The predicted octanol–water partition coefficient (Wildman–Crippen LogP) is 3.63. The number of ether oxygens (including phenoxy) is 1. The van der Waals surface area contributed by atoms with E-state index in [4.69, 9.17) is 14.3 Å². The highest BCUT2D eigenvalue weighted by molar-refractivity contribution is 7.90. The van der Waals surface area contributed by atoms with E-state index in [1.807, 2.05) is 0 Å². The van der Waals surface area contributed by atoms with Crippen LogP contribution in [0.5, 0.6) is 5.75 Å². The fourth-order valence-electron chi connectivity index (χ4n) is 2.46. The molecule has 0 amide bonds. The smallest absolute Gasteiger partial charge is 0.372 e. The molecule has 0 spiro atoms. The summed E-state index contributed by atoms with van der Waals surface area (Å²) < 4.78 is 33.7. The molecule has 0 bridgehead atoms. The van der Waals surface area contributed by atoms with Crippen molar-refractivity contribution in [1.29, 1.82) is 0 Å². The molecular weight excluding hydrogens is 356 g/mol. The van der Waals surface area contributed by atoms with Gasteiger partial charge in [-0.15, -0.1) is 0 Å². The molecule has 0 atom stereocenters. The van der Waals surface area contributed by atoms with Gasteiger partial charge in [0.15, 0.2) is 9.84 Å². The molecule has 6 nitrogen and oxygen atoms in total. The van der Waals surface area contributed by atoms with Gasteiger partial charge in [0.2, 0.25) is 5.76 Å². The first-order valence-corrected chi connectivity index (χ1v) is 9.57. The third-order valence-corrected chi connectivity index (χ3v) is 4.89. The summed E-state index contributed by atoms with van der Waals surface area (Å²) >= 11 is 0. The fraction of sp³-hybridized carbons (Fsp3) is 0.105. The Morgan fingerprint density at radius 1 is 1.12 bits per heavy atom. The zero-order valence-electron chi connectivity index (χ0n) is 13.9. The number of aromatic carboxylic acids is 1. The van der Waals surface area contributed by atoms with Gasteiger partial charge in [-0.2, -0.15) is 0 Å². The van der Waals surface area contributed by atoms with Gasteiger partial charge in [0, 0.05) is 11.8 Å². The standard InChI is InChI=1S/C19H16O6S/c1-26(22,23)16-7-5-13(6-8-16)12-25-15-4-2-3-14(11-15)17-9-10-24-18(17)19(20)21/h2-11H,12H2,1H3,(H,20,21). The Bertz CT molecular complexity index is 1030. The van der Waals surface area contributed by atoms with Crippen molar-refractivity contribution >= 4 is 15.8 Å². The molecule has 0 unspecified atom stereocenters. The van der Waals surface area contributed by atoms with Crippen LogP contribution >= 0.6 is 0 Å². The van der Waals surface area contributed by atoms with E-state index in [9.17, 15) is 13.2 Å². The summed E-state index contributed by atoms with van der Waals surface area (Å²) in [5.41, 5.74) is 1.96. The van der Waals surface area contributed by atoms with Crippen LogP contribution in [0.25, 0.3) is 11.1 Å². The Balaban J connectivity index is 1.75. The average molecular weight is 372 g/mol. The summed E-state index contributed by atoms with van der Waals surface area (Å²) in [6, 6.07) is 15.1. The second-order valence-electron chi connectivity index (χ2n) is 5.70. The van der Waals surface area contributed by atoms with Gasteiger partial charge in [-0.25, -0.2) is 13.2 Å². The number of benzene rings is 2. The van der Waals surface area contributed by atoms with E-state index < -0.39 is 15.8 Å². The summed E-state index contributed by atoms with van der Waals surface area (Å²) in [4.78, 5) is 11.4. The minimum atomic E-state index is -3.23. The molecule has 3 aromatic rings. The molecular formula is C19H16O6S.